The normalized spacial score (nSPS) is 15.7. The molecule has 0 radical (unpaired) electrons. The fourth-order valence-corrected chi connectivity index (χ4v) is 3.95. The Hall–Kier alpha value is -3.06. The summed E-state index contributed by atoms with van der Waals surface area (Å²) in [7, 11) is 0. The van der Waals surface area contributed by atoms with Crippen molar-refractivity contribution in [2.24, 2.45) is 0 Å². The molecule has 172 valence electrons. The summed E-state index contributed by atoms with van der Waals surface area (Å²) in [6, 6.07) is 17.9. The molecule has 2 aromatic carbocycles. The van der Waals surface area contributed by atoms with Crippen molar-refractivity contribution >= 4 is 17.8 Å². The molecule has 1 saturated heterocycles. The molecule has 1 fully saturated rings. The van der Waals surface area contributed by atoms with Gasteiger partial charge in [0, 0.05) is 24.8 Å². The van der Waals surface area contributed by atoms with E-state index in [0.717, 1.165) is 5.56 Å². The maximum Gasteiger partial charge on any atom is 0.410 e. The molecule has 0 aromatic heterocycles. The average molecular weight is 440 g/mol. The molecule has 3 amide bonds. The molecule has 1 unspecified atom stereocenters. The number of ether oxygens (including phenoxy) is 1. The Morgan fingerprint density at radius 3 is 2.16 bits per heavy atom. The molecule has 0 bridgehead atoms. The van der Waals surface area contributed by atoms with Gasteiger partial charge in [-0.2, -0.15) is 0 Å². The van der Waals surface area contributed by atoms with Gasteiger partial charge in [-0.25, -0.2) is 9.59 Å². The zero-order chi connectivity index (χ0) is 23.1. The number of benzene rings is 2. The van der Waals surface area contributed by atoms with Crippen molar-refractivity contribution in [3.8, 4) is 0 Å². The molecule has 1 heterocycles. The lowest BCUT2D eigenvalue weighted by molar-refractivity contribution is 0.0131. The summed E-state index contributed by atoms with van der Waals surface area (Å²) in [6.07, 6.45) is 0.869. The summed E-state index contributed by atoms with van der Waals surface area (Å²) in [4.78, 5) is 29.3. The number of nitrogens with one attached hydrogen (secondary N) is 1. The number of anilines is 1. The number of para-hydroxylation sites is 1. The molecular formula is C25H33N3O4. The van der Waals surface area contributed by atoms with Crippen molar-refractivity contribution in [2.75, 3.05) is 25.0 Å². The van der Waals surface area contributed by atoms with Gasteiger partial charge in [0.25, 0.3) is 0 Å². The van der Waals surface area contributed by atoms with E-state index >= 15 is 0 Å². The van der Waals surface area contributed by atoms with Crippen LogP contribution in [0, 0.1) is 0 Å². The van der Waals surface area contributed by atoms with Crippen molar-refractivity contribution in [3.05, 3.63) is 66.2 Å². The molecule has 32 heavy (non-hydrogen) atoms. The summed E-state index contributed by atoms with van der Waals surface area (Å²) in [6.45, 7) is 6.32. The number of hydrogen-bond donors (Lipinski definition) is 2. The molecule has 3 rings (SSSR count). The molecular weight excluding hydrogens is 406 g/mol. The second-order valence-corrected chi connectivity index (χ2v) is 9.01. The number of nitrogens with zero attached hydrogens (tertiary/aromatic N) is 2. The van der Waals surface area contributed by atoms with Gasteiger partial charge in [-0.1, -0.05) is 48.5 Å². The minimum atomic E-state index is -0.551. The average Bonchev–Trinajstić information content (AvgIpc) is 2.77. The quantitative estimate of drug-likeness (QED) is 0.710. The van der Waals surface area contributed by atoms with Gasteiger partial charge in [0.05, 0.1) is 12.6 Å². The highest BCUT2D eigenvalue weighted by atomic mass is 16.6. The topological polar surface area (TPSA) is 82.1 Å². The number of carbonyl (C=O) groups is 2. The molecule has 1 aliphatic heterocycles. The Bertz CT molecular complexity index is 875. The van der Waals surface area contributed by atoms with Crippen LogP contribution in [0.4, 0.5) is 15.3 Å². The van der Waals surface area contributed by atoms with E-state index in [1.165, 1.54) is 0 Å². The molecule has 1 atom stereocenters. The Morgan fingerprint density at radius 1 is 1.06 bits per heavy atom. The fourth-order valence-electron chi connectivity index (χ4n) is 3.95. The molecule has 0 spiro atoms. The number of urea groups is 1. The molecule has 0 aliphatic carbocycles. The Morgan fingerprint density at radius 2 is 1.62 bits per heavy atom. The first-order valence-electron chi connectivity index (χ1n) is 11.1. The number of likely N-dealkylation sites (tertiary alicyclic amines) is 1. The van der Waals surface area contributed by atoms with E-state index in [9.17, 15) is 14.7 Å². The summed E-state index contributed by atoms with van der Waals surface area (Å²) < 4.78 is 5.49. The largest absolute Gasteiger partial charge is 0.444 e. The first kappa shape index (κ1) is 23.6. The standard InChI is InChI=1S/C25H33N3O4/c1-25(2,3)32-24(31)27-16-14-21(15-17-27)28(22(18-29)19-10-6-4-7-11-19)23(30)26-20-12-8-5-9-13-20/h4-13,21-22,29H,14-18H2,1-3H3,(H,26,30). The second kappa shape index (κ2) is 10.5. The molecule has 2 aromatic rings. The molecule has 2 N–H and O–H groups in total. The van der Waals surface area contributed by atoms with Crippen molar-refractivity contribution in [1.29, 1.82) is 0 Å². The SMILES string of the molecule is CC(C)(C)OC(=O)N1CCC(N(C(=O)Nc2ccccc2)C(CO)c2ccccc2)CC1. The highest BCUT2D eigenvalue weighted by Gasteiger charge is 2.35. The van der Waals surface area contributed by atoms with Crippen LogP contribution in [-0.2, 0) is 4.74 Å². The van der Waals surface area contributed by atoms with Gasteiger partial charge < -0.3 is 25.0 Å². The predicted octanol–water partition coefficient (Wildman–Crippen LogP) is 4.65. The van der Waals surface area contributed by atoms with E-state index in [1.54, 1.807) is 9.80 Å². The van der Waals surface area contributed by atoms with Gasteiger partial charge >= 0.3 is 12.1 Å². The van der Waals surface area contributed by atoms with E-state index in [0.29, 0.717) is 31.6 Å². The summed E-state index contributed by atoms with van der Waals surface area (Å²) in [5.41, 5.74) is 1.01. The number of aliphatic hydroxyl groups is 1. The lowest BCUT2D eigenvalue weighted by atomic mass is 9.98. The summed E-state index contributed by atoms with van der Waals surface area (Å²) in [5, 5.41) is 13.2. The monoisotopic (exact) mass is 439 g/mol. The van der Waals surface area contributed by atoms with E-state index in [4.69, 9.17) is 4.74 Å². The number of rotatable bonds is 5. The van der Waals surface area contributed by atoms with Crippen molar-refractivity contribution in [1.82, 2.24) is 9.80 Å². The third-order valence-corrected chi connectivity index (χ3v) is 5.46. The zero-order valence-corrected chi connectivity index (χ0v) is 19.0. The second-order valence-electron chi connectivity index (χ2n) is 9.01. The van der Waals surface area contributed by atoms with Crippen molar-refractivity contribution in [2.45, 2.75) is 51.3 Å². The van der Waals surface area contributed by atoms with E-state index in [1.807, 2.05) is 81.4 Å². The highest BCUT2D eigenvalue weighted by Crippen LogP contribution is 2.29. The molecule has 0 saturated carbocycles. The van der Waals surface area contributed by atoms with Gasteiger partial charge in [-0.15, -0.1) is 0 Å². The van der Waals surface area contributed by atoms with Gasteiger partial charge in [0.1, 0.15) is 5.60 Å². The Balaban J connectivity index is 1.78. The van der Waals surface area contributed by atoms with Crippen LogP contribution in [0.2, 0.25) is 0 Å². The van der Waals surface area contributed by atoms with Gasteiger partial charge in [-0.05, 0) is 51.3 Å². The number of hydrogen-bond acceptors (Lipinski definition) is 4. The Kier molecular flexibility index (Phi) is 7.75. The van der Waals surface area contributed by atoms with Crippen LogP contribution in [0.1, 0.15) is 45.2 Å². The molecule has 7 heteroatoms. The third kappa shape index (κ3) is 6.23. The maximum absolute atomic E-state index is 13.4. The Labute approximate surface area is 190 Å². The van der Waals surface area contributed by atoms with Crippen molar-refractivity contribution in [3.63, 3.8) is 0 Å². The van der Waals surface area contributed by atoms with E-state index in [-0.39, 0.29) is 24.8 Å². The number of carbonyl (C=O) groups excluding carboxylic acids is 2. The minimum Gasteiger partial charge on any atom is -0.444 e. The smallest absolute Gasteiger partial charge is 0.410 e. The van der Waals surface area contributed by atoms with Crippen molar-refractivity contribution < 1.29 is 19.4 Å². The van der Waals surface area contributed by atoms with Crippen LogP contribution in [-0.4, -0.2) is 58.4 Å². The number of aliphatic hydroxyl groups excluding tert-OH is 1. The first-order chi connectivity index (χ1) is 15.3. The number of piperidine rings is 1. The van der Waals surface area contributed by atoms with E-state index < -0.39 is 11.6 Å². The van der Waals surface area contributed by atoms with Gasteiger partial charge in [-0.3, -0.25) is 0 Å². The van der Waals surface area contributed by atoms with Crippen LogP contribution < -0.4 is 5.32 Å². The van der Waals surface area contributed by atoms with Crippen LogP contribution >= 0.6 is 0 Å². The molecule has 1 aliphatic rings. The summed E-state index contributed by atoms with van der Waals surface area (Å²) in [5.74, 6) is 0. The summed E-state index contributed by atoms with van der Waals surface area (Å²) >= 11 is 0. The first-order valence-corrected chi connectivity index (χ1v) is 11.1. The van der Waals surface area contributed by atoms with Crippen LogP contribution in [0.15, 0.2) is 60.7 Å². The van der Waals surface area contributed by atoms with Crippen LogP contribution in [0.25, 0.3) is 0 Å². The minimum absolute atomic E-state index is 0.130. The third-order valence-electron chi connectivity index (χ3n) is 5.46. The lowest BCUT2D eigenvalue weighted by Crippen LogP contribution is -2.52. The van der Waals surface area contributed by atoms with Gasteiger partial charge in [0.15, 0.2) is 0 Å². The lowest BCUT2D eigenvalue weighted by Gasteiger charge is -2.42. The number of amides is 3. The zero-order valence-electron chi connectivity index (χ0n) is 19.0. The van der Waals surface area contributed by atoms with Crippen LogP contribution in [0.5, 0.6) is 0 Å². The van der Waals surface area contributed by atoms with E-state index in [2.05, 4.69) is 5.32 Å². The van der Waals surface area contributed by atoms with Crippen LogP contribution in [0.3, 0.4) is 0 Å². The fraction of sp³-hybridized carbons (Fsp3) is 0.440. The highest BCUT2D eigenvalue weighted by molar-refractivity contribution is 5.90. The maximum atomic E-state index is 13.4. The molecule has 7 nitrogen and oxygen atoms in total. The van der Waals surface area contributed by atoms with Gasteiger partial charge in [0.2, 0.25) is 0 Å². The predicted molar refractivity (Wildman–Crippen MR) is 124 cm³/mol.